The second kappa shape index (κ2) is 17.5. The summed E-state index contributed by atoms with van der Waals surface area (Å²) in [5.74, 6) is -0.432. The summed E-state index contributed by atoms with van der Waals surface area (Å²) < 4.78 is 0. The molecule has 0 saturated heterocycles. The van der Waals surface area contributed by atoms with E-state index < -0.39 is 0 Å². The maximum atomic E-state index is 12.2. The maximum Gasteiger partial charge on any atom is 0.269 e. The van der Waals surface area contributed by atoms with Crippen LogP contribution in [-0.4, -0.2) is 39.5 Å². The first-order chi connectivity index (χ1) is 18.8. The number of hydrogen-bond donors (Lipinski definition) is 1. The molecule has 0 bridgehead atoms. The average Bonchev–Trinajstić information content (AvgIpc) is 2.95. The van der Waals surface area contributed by atoms with Gasteiger partial charge in [0.25, 0.3) is 11.6 Å². The lowest BCUT2D eigenvalue weighted by molar-refractivity contribution is -0.126. The number of nitrogens with zero attached hydrogens (tertiary/aromatic N) is 2. The number of carbonyl (C=O) groups excluding carboxylic acids is 5. The molecule has 0 aliphatic carbocycles. The van der Waals surface area contributed by atoms with Crippen LogP contribution in [0.2, 0.25) is 0 Å². The summed E-state index contributed by atoms with van der Waals surface area (Å²) in [6.07, 6.45) is 3.42. The molecule has 0 aliphatic rings. The second-order valence-electron chi connectivity index (χ2n) is 9.70. The fourth-order valence-corrected chi connectivity index (χ4v) is 3.95. The van der Waals surface area contributed by atoms with E-state index in [4.69, 9.17) is 0 Å². The minimum Gasteiger partial charge on any atom is -0.362 e. The van der Waals surface area contributed by atoms with Gasteiger partial charge in [-0.25, -0.2) is 0 Å². The Hall–Kier alpha value is -4.03. The predicted octanol–water partition coefficient (Wildman–Crippen LogP) is 5.03. The largest absolute Gasteiger partial charge is 0.362 e. The Kier molecular flexibility index (Phi) is 14.0. The van der Waals surface area contributed by atoms with Gasteiger partial charge in [-0.1, -0.05) is 42.5 Å². The SMILES string of the molecule is CC(=O)CCC(=O)CCC(=O)CCC(=O)CCCC(CCc1ccc(CNC(=O)c2ccccc2)cc1)=[N+]=[N-]. The summed E-state index contributed by atoms with van der Waals surface area (Å²) in [6.45, 7) is 1.85. The fraction of sp³-hybridized carbons (Fsp3) is 0.419. The van der Waals surface area contributed by atoms with E-state index in [0.717, 1.165) is 11.1 Å². The van der Waals surface area contributed by atoms with Crippen LogP contribution in [0.15, 0.2) is 54.6 Å². The molecule has 1 amide bonds. The highest BCUT2D eigenvalue weighted by atomic mass is 16.2. The van der Waals surface area contributed by atoms with Crippen molar-refractivity contribution in [1.82, 2.24) is 5.32 Å². The molecule has 0 aromatic heterocycles. The predicted molar refractivity (Wildman–Crippen MR) is 148 cm³/mol. The van der Waals surface area contributed by atoms with Crippen molar-refractivity contribution in [2.24, 2.45) is 0 Å². The van der Waals surface area contributed by atoms with E-state index in [9.17, 15) is 29.5 Å². The number of Topliss-reactive ketones (excluding diaryl/α,β-unsaturated/α-hetero) is 4. The van der Waals surface area contributed by atoms with E-state index in [1.165, 1.54) is 6.92 Å². The van der Waals surface area contributed by atoms with E-state index in [1.807, 2.05) is 42.5 Å². The number of hydrogen-bond acceptors (Lipinski definition) is 5. The third-order valence-corrected chi connectivity index (χ3v) is 6.40. The first-order valence-corrected chi connectivity index (χ1v) is 13.4. The fourth-order valence-electron chi connectivity index (χ4n) is 3.95. The van der Waals surface area contributed by atoms with Crippen LogP contribution in [0.4, 0.5) is 0 Å². The number of carbonyl (C=O) groups is 5. The van der Waals surface area contributed by atoms with Crippen LogP contribution < -0.4 is 5.32 Å². The molecule has 0 saturated carbocycles. The van der Waals surface area contributed by atoms with Crippen molar-refractivity contribution in [2.75, 3.05) is 0 Å². The molecular formula is C31H37N3O5. The second-order valence-corrected chi connectivity index (χ2v) is 9.70. The Labute approximate surface area is 229 Å². The summed E-state index contributed by atoms with van der Waals surface area (Å²) in [5, 5.41) is 2.90. The van der Waals surface area contributed by atoms with Crippen molar-refractivity contribution in [3.05, 3.63) is 76.8 Å². The number of ketones is 4. The Bertz CT molecular complexity index is 1180. The molecule has 1 N–H and O–H groups in total. The van der Waals surface area contributed by atoms with Gasteiger partial charge in [-0.2, -0.15) is 4.79 Å². The number of nitrogens with one attached hydrogen (secondary N) is 1. The van der Waals surface area contributed by atoms with Crippen LogP contribution >= 0.6 is 0 Å². The number of amides is 1. The standard InChI is InChI=1S/C31H37N3O5/c1-23(35)10-17-29(37)20-21-30(38)19-18-28(36)9-5-8-27(34-32)16-15-24-11-13-25(14-12-24)22-33-31(39)26-6-3-2-4-7-26/h2-4,6-7,11-14H,5,8-10,15-22H2,1H3,(H,33,39). The molecule has 0 aliphatic heterocycles. The normalized spacial score (nSPS) is 10.4. The van der Waals surface area contributed by atoms with Gasteiger partial charge in [0.15, 0.2) is 0 Å². The number of rotatable bonds is 19. The lowest BCUT2D eigenvalue weighted by Gasteiger charge is -2.06. The zero-order valence-electron chi connectivity index (χ0n) is 22.6. The van der Waals surface area contributed by atoms with Crippen LogP contribution in [-0.2, 0) is 32.1 Å². The highest BCUT2D eigenvalue weighted by Gasteiger charge is 2.13. The third-order valence-electron chi connectivity index (χ3n) is 6.40. The first kappa shape index (κ1) is 31.2. The lowest BCUT2D eigenvalue weighted by atomic mass is 10.00. The third kappa shape index (κ3) is 13.4. The van der Waals surface area contributed by atoms with Gasteiger partial charge in [-0.3, -0.25) is 19.2 Å². The highest BCUT2D eigenvalue weighted by Crippen LogP contribution is 2.11. The molecule has 8 nitrogen and oxygen atoms in total. The molecule has 2 aromatic rings. The molecule has 2 aromatic carbocycles. The van der Waals surface area contributed by atoms with Crippen molar-refractivity contribution in [3.63, 3.8) is 0 Å². The first-order valence-electron chi connectivity index (χ1n) is 13.4. The Balaban J connectivity index is 1.61. The van der Waals surface area contributed by atoms with Gasteiger partial charge in [-0.05, 0) is 43.0 Å². The van der Waals surface area contributed by atoms with Crippen molar-refractivity contribution in [1.29, 1.82) is 0 Å². The Morgan fingerprint density at radius 1 is 0.667 bits per heavy atom. The molecule has 8 heteroatoms. The van der Waals surface area contributed by atoms with E-state index in [2.05, 4.69) is 10.1 Å². The smallest absolute Gasteiger partial charge is 0.269 e. The van der Waals surface area contributed by atoms with Gasteiger partial charge in [-0.15, -0.1) is 0 Å². The molecule has 0 unspecified atom stereocenters. The zero-order valence-corrected chi connectivity index (χ0v) is 22.6. The Morgan fingerprint density at radius 3 is 1.77 bits per heavy atom. The van der Waals surface area contributed by atoms with Crippen LogP contribution in [0, 0.1) is 0 Å². The summed E-state index contributed by atoms with van der Waals surface area (Å²) in [6, 6.07) is 16.9. The summed E-state index contributed by atoms with van der Waals surface area (Å²) in [4.78, 5) is 62.2. The molecule has 0 fully saturated rings. The summed E-state index contributed by atoms with van der Waals surface area (Å²) >= 11 is 0. The van der Waals surface area contributed by atoms with Gasteiger partial charge >= 0.3 is 0 Å². The van der Waals surface area contributed by atoms with Gasteiger partial charge in [0.2, 0.25) is 0 Å². The maximum absolute atomic E-state index is 12.2. The van der Waals surface area contributed by atoms with Gasteiger partial charge in [0.1, 0.15) is 23.1 Å². The summed E-state index contributed by atoms with van der Waals surface area (Å²) in [5.41, 5.74) is 12.6. The molecule has 206 valence electrons. The minimum atomic E-state index is -0.123. The van der Waals surface area contributed by atoms with Crippen molar-refractivity contribution in [2.45, 2.75) is 84.1 Å². The van der Waals surface area contributed by atoms with Crippen LogP contribution in [0.1, 0.15) is 92.6 Å². The van der Waals surface area contributed by atoms with Gasteiger partial charge in [0, 0.05) is 69.9 Å². The van der Waals surface area contributed by atoms with Crippen molar-refractivity contribution >= 4 is 34.8 Å². The Morgan fingerprint density at radius 2 is 1.21 bits per heavy atom. The molecule has 0 heterocycles. The average molecular weight is 532 g/mol. The van der Waals surface area contributed by atoms with Crippen LogP contribution in [0.3, 0.4) is 0 Å². The number of aryl methyl sites for hydroxylation is 1. The molecule has 39 heavy (non-hydrogen) atoms. The van der Waals surface area contributed by atoms with E-state index in [0.29, 0.717) is 49.9 Å². The molecule has 0 spiro atoms. The molecular weight excluding hydrogens is 494 g/mol. The van der Waals surface area contributed by atoms with Crippen LogP contribution in [0.5, 0.6) is 0 Å². The molecule has 0 radical (unpaired) electrons. The lowest BCUT2D eigenvalue weighted by Crippen LogP contribution is -2.22. The van der Waals surface area contributed by atoms with Crippen molar-refractivity contribution in [3.8, 4) is 0 Å². The number of benzene rings is 2. The minimum absolute atomic E-state index is 0.0292. The topological polar surface area (TPSA) is 134 Å². The van der Waals surface area contributed by atoms with E-state index in [1.54, 1.807) is 12.1 Å². The van der Waals surface area contributed by atoms with E-state index >= 15 is 0 Å². The quantitative estimate of drug-likeness (QED) is 0.154. The summed E-state index contributed by atoms with van der Waals surface area (Å²) in [7, 11) is 0. The van der Waals surface area contributed by atoms with Gasteiger partial charge < -0.3 is 15.6 Å². The van der Waals surface area contributed by atoms with Crippen LogP contribution in [0.25, 0.3) is 5.53 Å². The molecule has 2 rings (SSSR count). The highest BCUT2D eigenvalue weighted by molar-refractivity contribution is 5.94. The monoisotopic (exact) mass is 531 g/mol. The zero-order chi connectivity index (χ0) is 28.5. The van der Waals surface area contributed by atoms with E-state index in [-0.39, 0.29) is 67.6 Å². The molecule has 0 atom stereocenters. The van der Waals surface area contributed by atoms with Gasteiger partial charge in [0.05, 0.1) is 0 Å². The van der Waals surface area contributed by atoms with Crippen molar-refractivity contribution < 1.29 is 28.8 Å².